The second-order valence-electron chi connectivity index (χ2n) is 5.95. The van der Waals surface area contributed by atoms with Gasteiger partial charge < -0.3 is 14.2 Å². The SMILES string of the molecule is Cc1noc(-c2cccnc2N2CCC(Oc3cccc(Cl)c3)C2)n1. The van der Waals surface area contributed by atoms with E-state index in [-0.39, 0.29) is 6.10 Å². The van der Waals surface area contributed by atoms with Crippen molar-refractivity contribution in [3.05, 3.63) is 53.4 Å². The Morgan fingerprint density at radius 2 is 2.20 bits per heavy atom. The molecule has 4 rings (SSSR count). The van der Waals surface area contributed by atoms with Crippen LogP contribution in [0.4, 0.5) is 5.82 Å². The Bertz CT molecular complexity index is 883. The van der Waals surface area contributed by atoms with Crippen molar-refractivity contribution >= 4 is 17.4 Å². The average Bonchev–Trinajstić information content (AvgIpc) is 3.24. The van der Waals surface area contributed by atoms with E-state index >= 15 is 0 Å². The highest BCUT2D eigenvalue weighted by Gasteiger charge is 2.28. The van der Waals surface area contributed by atoms with Crippen LogP contribution in [0.3, 0.4) is 0 Å². The molecule has 0 spiro atoms. The molecule has 0 N–H and O–H groups in total. The van der Waals surface area contributed by atoms with E-state index in [1.807, 2.05) is 36.4 Å². The molecule has 1 aliphatic rings. The van der Waals surface area contributed by atoms with E-state index in [0.29, 0.717) is 16.7 Å². The summed E-state index contributed by atoms with van der Waals surface area (Å²) in [7, 11) is 0. The minimum atomic E-state index is 0.0812. The maximum Gasteiger partial charge on any atom is 0.261 e. The van der Waals surface area contributed by atoms with E-state index in [4.69, 9.17) is 20.9 Å². The molecule has 1 aliphatic heterocycles. The highest BCUT2D eigenvalue weighted by atomic mass is 35.5. The minimum absolute atomic E-state index is 0.0812. The lowest BCUT2D eigenvalue weighted by molar-refractivity contribution is 0.225. The van der Waals surface area contributed by atoms with Crippen molar-refractivity contribution in [2.24, 2.45) is 0 Å². The number of benzene rings is 1. The fourth-order valence-electron chi connectivity index (χ4n) is 2.97. The maximum absolute atomic E-state index is 6.05. The van der Waals surface area contributed by atoms with Crippen molar-refractivity contribution in [1.29, 1.82) is 0 Å². The summed E-state index contributed by atoms with van der Waals surface area (Å²) in [4.78, 5) is 11.0. The largest absolute Gasteiger partial charge is 0.488 e. The number of anilines is 1. The number of nitrogens with zero attached hydrogens (tertiary/aromatic N) is 4. The van der Waals surface area contributed by atoms with Gasteiger partial charge in [0.25, 0.3) is 5.89 Å². The Morgan fingerprint density at radius 1 is 1.28 bits per heavy atom. The van der Waals surface area contributed by atoms with Gasteiger partial charge in [-0.1, -0.05) is 22.8 Å². The van der Waals surface area contributed by atoms with E-state index < -0.39 is 0 Å². The van der Waals surface area contributed by atoms with Crippen molar-refractivity contribution in [2.75, 3.05) is 18.0 Å². The Kier molecular flexibility index (Phi) is 4.28. The summed E-state index contributed by atoms with van der Waals surface area (Å²) in [6.45, 7) is 3.39. The van der Waals surface area contributed by atoms with Gasteiger partial charge in [0, 0.05) is 24.2 Å². The monoisotopic (exact) mass is 356 g/mol. The first kappa shape index (κ1) is 15.9. The van der Waals surface area contributed by atoms with E-state index in [1.54, 1.807) is 13.1 Å². The summed E-state index contributed by atoms with van der Waals surface area (Å²) >= 11 is 6.02. The van der Waals surface area contributed by atoms with Gasteiger partial charge in [0.1, 0.15) is 17.7 Å². The maximum atomic E-state index is 6.05. The van der Waals surface area contributed by atoms with Gasteiger partial charge in [0.05, 0.1) is 12.1 Å². The number of aryl methyl sites for hydroxylation is 1. The molecule has 7 heteroatoms. The third-order valence-corrected chi connectivity index (χ3v) is 4.32. The molecule has 0 radical (unpaired) electrons. The average molecular weight is 357 g/mol. The molecule has 0 saturated carbocycles. The topological polar surface area (TPSA) is 64.3 Å². The molecular formula is C18H17ClN4O2. The third-order valence-electron chi connectivity index (χ3n) is 4.09. The lowest BCUT2D eigenvalue weighted by Crippen LogP contribution is -2.25. The standard InChI is InChI=1S/C18H17ClN4O2/c1-12-21-18(25-22-12)16-6-3-8-20-17(16)23-9-7-15(11-23)24-14-5-2-4-13(19)10-14/h2-6,8,10,15H,7,9,11H2,1H3. The van der Waals surface area contributed by atoms with Crippen molar-refractivity contribution in [3.8, 4) is 17.2 Å². The van der Waals surface area contributed by atoms with Gasteiger partial charge in [0.2, 0.25) is 0 Å². The van der Waals surface area contributed by atoms with Gasteiger partial charge in [-0.05, 0) is 37.3 Å². The second-order valence-corrected chi connectivity index (χ2v) is 6.39. The van der Waals surface area contributed by atoms with Crippen molar-refractivity contribution in [1.82, 2.24) is 15.1 Å². The first-order valence-electron chi connectivity index (χ1n) is 8.12. The number of halogens is 1. The van der Waals surface area contributed by atoms with Gasteiger partial charge >= 0.3 is 0 Å². The van der Waals surface area contributed by atoms with E-state index in [9.17, 15) is 0 Å². The zero-order valence-electron chi connectivity index (χ0n) is 13.7. The molecule has 3 heterocycles. The highest BCUT2D eigenvalue weighted by molar-refractivity contribution is 6.30. The lowest BCUT2D eigenvalue weighted by Gasteiger charge is -2.19. The Morgan fingerprint density at radius 3 is 3.00 bits per heavy atom. The van der Waals surface area contributed by atoms with Gasteiger partial charge in [-0.25, -0.2) is 4.98 Å². The Hall–Kier alpha value is -2.60. The summed E-state index contributed by atoms with van der Waals surface area (Å²) < 4.78 is 11.4. The van der Waals surface area contributed by atoms with Crippen LogP contribution in [0.25, 0.3) is 11.5 Å². The van der Waals surface area contributed by atoms with Crippen LogP contribution in [0.1, 0.15) is 12.2 Å². The number of pyridine rings is 1. The summed E-state index contributed by atoms with van der Waals surface area (Å²) in [5, 5.41) is 4.54. The Balaban J connectivity index is 1.52. The van der Waals surface area contributed by atoms with Gasteiger partial charge in [-0.3, -0.25) is 0 Å². The minimum Gasteiger partial charge on any atom is -0.488 e. The number of hydrogen-bond donors (Lipinski definition) is 0. The summed E-state index contributed by atoms with van der Waals surface area (Å²) in [5.41, 5.74) is 0.839. The molecule has 1 unspecified atom stereocenters. The molecule has 1 atom stereocenters. The number of ether oxygens (including phenoxy) is 1. The number of rotatable bonds is 4. The van der Waals surface area contributed by atoms with Crippen molar-refractivity contribution in [2.45, 2.75) is 19.4 Å². The molecule has 0 bridgehead atoms. The second kappa shape index (κ2) is 6.72. The van der Waals surface area contributed by atoms with Crippen LogP contribution in [-0.4, -0.2) is 34.3 Å². The molecule has 0 aliphatic carbocycles. The van der Waals surface area contributed by atoms with Crippen molar-refractivity contribution < 1.29 is 9.26 Å². The zero-order chi connectivity index (χ0) is 17.2. The van der Waals surface area contributed by atoms with Gasteiger partial charge in [0.15, 0.2) is 5.82 Å². The van der Waals surface area contributed by atoms with Gasteiger partial charge in [-0.2, -0.15) is 4.98 Å². The summed E-state index contributed by atoms with van der Waals surface area (Å²) in [5.74, 6) is 2.71. The first-order valence-corrected chi connectivity index (χ1v) is 8.50. The van der Waals surface area contributed by atoms with E-state index in [0.717, 1.165) is 36.6 Å². The van der Waals surface area contributed by atoms with E-state index in [2.05, 4.69) is 20.0 Å². The predicted octanol–water partition coefficient (Wildman–Crippen LogP) is 3.75. The molecule has 128 valence electrons. The predicted molar refractivity (Wildman–Crippen MR) is 95.0 cm³/mol. The Labute approximate surface area is 150 Å². The van der Waals surface area contributed by atoms with Gasteiger partial charge in [-0.15, -0.1) is 0 Å². The summed E-state index contributed by atoms with van der Waals surface area (Å²) in [6.07, 6.45) is 2.76. The van der Waals surface area contributed by atoms with Crippen molar-refractivity contribution in [3.63, 3.8) is 0 Å². The molecule has 6 nitrogen and oxygen atoms in total. The van der Waals surface area contributed by atoms with Crippen LogP contribution in [0.2, 0.25) is 5.02 Å². The van der Waals surface area contributed by atoms with Crippen LogP contribution in [0, 0.1) is 6.92 Å². The molecular weight excluding hydrogens is 340 g/mol. The van der Waals surface area contributed by atoms with Crippen LogP contribution in [-0.2, 0) is 0 Å². The summed E-state index contributed by atoms with van der Waals surface area (Å²) in [6, 6.07) is 11.3. The van der Waals surface area contributed by atoms with Crippen LogP contribution in [0.15, 0.2) is 47.1 Å². The lowest BCUT2D eigenvalue weighted by atomic mass is 10.2. The van der Waals surface area contributed by atoms with E-state index in [1.165, 1.54) is 0 Å². The zero-order valence-corrected chi connectivity index (χ0v) is 14.5. The molecule has 25 heavy (non-hydrogen) atoms. The number of aromatic nitrogens is 3. The normalized spacial score (nSPS) is 17.0. The van der Waals surface area contributed by atoms with Crippen LogP contribution < -0.4 is 9.64 Å². The number of hydrogen-bond acceptors (Lipinski definition) is 6. The molecule has 1 saturated heterocycles. The molecule has 0 amide bonds. The molecule has 2 aromatic heterocycles. The fourth-order valence-corrected chi connectivity index (χ4v) is 3.15. The first-order chi connectivity index (χ1) is 12.2. The highest BCUT2D eigenvalue weighted by Crippen LogP contribution is 2.31. The third kappa shape index (κ3) is 3.44. The quantitative estimate of drug-likeness (QED) is 0.709. The van der Waals surface area contributed by atoms with Crippen LogP contribution >= 0.6 is 11.6 Å². The molecule has 1 fully saturated rings. The molecule has 1 aromatic carbocycles. The smallest absolute Gasteiger partial charge is 0.261 e. The molecule has 3 aromatic rings. The van der Waals surface area contributed by atoms with Crippen LogP contribution in [0.5, 0.6) is 5.75 Å². The fraction of sp³-hybridized carbons (Fsp3) is 0.278.